The van der Waals surface area contributed by atoms with Crippen LogP contribution in [-0.2, 0) is 6.54 Å². The Morgan fingerprint density at radius 1 is 0.621 bits per heavy atom. The SMILES string of the molecule is CC(=NN(Cc1ccccc1)c1ccccc1)c1ccc(-c2ccccc2)cc1. The normalized spacial score (nSPS) is 11.3. The largest absolute Gasteiger partial charge is 0.261 e. The number of hydrazone groups is 1. The molecule has 0 atom stereocenters. The third-order valence-electron chi connectivity index (χ3n) is 4.91. The summed E-state index contributed by atoms with van der Waals surface area (Å²) >= 11 is 0. The minimum Gasteiger partial charge on any atom is -0.261 e. The van der Waals surface area contributed by atoms with Gasteiger partial charge >= 0.3 is 0 Å². The van der Waals surface area contributed by atoms with Crippen LogP contribution in [0.3, 0.4) is 0 Å². The van der Waals surface area contributed by atoms with E-state index in [2.05, 4.69) is 96.9 Å². The first-order chi connectivity index (χ1) is 14.3. The van der Waals surface area contributed by atoms with Crippen LogP contribution in [0, 0.1) is 0 Å². The highest BCUT2D eigenvalue weighted by molar-refractivity contribution is 5.99. The van der Waals surface area contributed by atoms with Crippen molar-refractivity contribution in [3.63, 3.8) is 0 Å². The second kappa shape index (κ2) is 9.03. The van der Waals surface area contributed by atoms with Gasteiger partial charge in [-0.3, -0.25) is 5.01 Å². The molecule has 4 aromatic carbocycles. The van der Waals surface area contributed by atoms with E-state index >= 15 is 0 Å². The number of hydrogen-bond acceptors (Lipinski definition) is 2. The molecule has 0 saturated heterocycles. The highest BCUT2D eigenvalue weighted by Gasteiger charge is 2.08. The summed E-state index contributed by atoms with van der Waals surface area (Å²) in [7, 11) is 0. The summed E-state index contributed by atoms with van der Waals surface area (Å²) in [6.45, 7) is 2.79. The average molecular weight is 377 g/mol. The van der Waals surface area contributed by atoms with Crippen molar-refractivity contribution in [2.24, 2.45) is 5.10 Å². The van der Waals surface area contributed by atoms with Gasteiger partial charge in [-0.25, -0.2) is 0 Å². The highest BCUT2D eigenvalue weighted by Crippen LogP contribution is 2.21. The molecule has 4 rings (SSSR count). The van der Waals surface area contributed by atoms with E-state index in [1.54, 1.807) is 0 Å². The van der Waals surface area contributed by atoms with Crippen LogP contribution in [0.1, 0.15) is 18.1 Å². The van der Waals surface area contributed by atoms with E-state index < -0.39 is 0 Å². The zero-order valence-electron chi connectivity index (χ0n) is 16.6. The first-order valence-corrected chi connectivity index (χ1v) is 9.87. The molecule has 0 radical (unpaired) electrons. The standard InChI is InChI=1S/C27H24N2/c1-22(24-17-19-26(20-18-24)25-13-7-3-8-14-25)28-29(27-15-9-4-10-16-27)21-23-11-5-2-6-12-23/h2-20H,21H2,1H3. The van der Waals surface area contributed by atoms with E-state index in [1.165, 1.54) is 16.7 Å². The van der Waals surface area contributed by atoms with E-state index in [9.17, 15) is 0 Å². The van der Waals surface area contributed by atoms with Crippen molar-refractivity contribution in [2.45, 2.75) is 13.5 Å². The molecule has 0 aromatic heterocycles. The molecule has 0 aliphatic carbocycles. The second-order valence-electron chi connectivity index (χ2n) is 7.01. The van der Waals surface area contributed by atoms with Crippen LogP contribution in [0.15, 0.2) is 120 Å². The van der Waals surface area contributed by atoms with Crippen molar-refractivity contribution in [3.05, 3.63) is 126 Å². The number of nitrogens with zero attached hydrogens (tertiary/aromatic N) is 2. The minimum absolute atomic E-state index is 0.726. The van der Waals surface area contributed by atoms with Gasteiger partial charge in [-0.05, 0) is 41.3 Å². The van der Waals surface area contributed by atoms with Crippen LogP contribution >= 0.6 is 0 Å². The minimum atomic E-state index is 0.726. The summed E-state index contributed by atoms with van der Waals surface area (Å²) < 4.78 is 0. The van der Waals surface area contributed by atoms with Crippen LogP contribution in [0.25, 0.3) is 11.1 Å². The maximum atomic E-state index is 4.96. The zero-order valence-corrected chi connectivity index (χ0v) is 16.6. The smallest absolute Gasteiger partial charge is 0.0666 e. The van der Waals surface area contributed by atoms with E-state index in [1.807, 2.05) is 30.3 Å². The molecule has 4 aromatic rings. The van der Waals surface area contributed by atoms with Crippen molar-refractivity contribution < 1.29 is 0 Å². The molecule has 0 amide bonds. The molecule has 0 spiro atoms. The molecule has 29 heavy (non-hydrogen) atoms. The van der Waals surface area contributed by atoms with Gasteiger partial charge in [-0.2, -0.15) is 5.10 Å². The Kier molecular flexibility index (Phi) is 5.82. The highest BCUT2D eigenvalue weighted by atomic mass is 15.5. The van der Waals surface area contributed by atoms with Crippen molar-refractivity contribution in [1.82, 2.24) is 0 Å². The van der Waals surface area contributed by atoms with Gasteiger partial charge in [0.1, 0.15) is 0 Å². The molecule has 0 N–H and O–H groups in total. The topological polar surface area (TPSA) is 15.6 Å². The molecule has 0 aliphatic rings. The lowest BCUT2D eigenvalue weighted by atomic mass is 10.0. The van der Waals surface area contributed by atoms with Gasteiger partial charge in [0.15, 0.2) is 0 Å². The number of rotatable bonds is 6. The number of anilines is 1. The fourth-order valence-corrected chi connectivity index (χ4v) is 3.31. The quantitative estimate of drug-likeness (QED) is 0.267. The molecule has 2 heteroatoms. The van der Waals surface area contributed by atoms with Crippen molar-refractivity contribution in [3.8, 4) is 11.1 Å². The predicted octanol–water partition coefficient (Wildman–Crippen LogP) is 6.78. The van der Waals surface area contributed by atoms with E-state index in [4.69, 9.17) is 5.10 Å². The van der Waals surface area contributed by atoms with Gasteiger partial charge < -0.3 is 0 Å². The molecule has 0 bridgehead atoms. The molecule has 0 unspecified atom stereocenters. The summed E-state index contributed by atoms with van der Waals surface area (Å²) in [4.78, 5) is 0. The Morgan fingerprint density at radius 3 is 1.76 bits per heavy atom. The number of para-hydroxylation sites is 1. The Bertz CT molecular complexity index is 1050. The van der Waals surface area contributed by atoms with Gasteiger partial charge in [-0.1, -0.05) is 103 Å². The van der Waals surface area contributed by atoms with Gasteiger partial charge in [0.25, 0.3) is 0 Å². The van der Waals surface area contributed by atoms with E-state index in [-0.39, 0.29) is 0 Å². The Morgan fingerprint density at radius 2 is 1.14 bits per heavy atom. The molecular formula is C27H24N2. The van der Waals surface area contributed by atoms with Gasteiger partial charge in [0, 0.05) is 0 Å². The lowest BCUT2D eigenvalue weighted by Crippen LogP contribution is -2.18. The summed E-state index contributed by atoms with van der Waals surface area (Å²) in [5.74, 6) is 0. The van der Waals surface area contributed by atoms with Crippen LogP contribution in [0.2, 0.25) is 0 Å². The molecule has 0 saturated carbocycles. The Hall–Kier alpha value is -3.65. The Labute approximate surface area is 172 Å². The van der Waals surface area contributed by atoms with Crippen molar-refractivity contribution >= 4 is 11.4 Å². The third kappa shape index (κ3) is 4.80. The number of benzene rings is 4. The lowest BCUT2D eigenvalue weighted by Gasteiger charge is -2.21. The zero-order chi connectivity index (χ0) is 19.9. The summed E-state index contributed by atoms with van der Waals surface area (Å²) in [5.41, 5.74) is 6.86. The molecule has 0 fully saturated rings. The van der Waals surface area contributed by atoms with Gasteiger partial charge in [-0.15, -0.1) is 0 Å². The molecule has 0 aliphatic heterocycles. The average Bonchev–Trinajstić information content (AvgIpc) is 2.80. The third-order valence-corrected chi connectivity index (χ3v) is 4.91. The second-order valence-corrected chi connectivity index (χ2v) is 7.01. The monoisotopic (exact) mass is 376 g/mol. The van der Waals surface area contributed by atoms with Crippen LogP contribution in [0.5, 0.6) is 0 Å². The first kappa shape index (κ1) is 18.7. The van der Waals surface area contributed by atoms with Gasteiger partial charge in [0.05, 0.1) is 17.9 Å². The summed E-state index contributed by atoms with van der Waals surface area (Å²) in [5, 5.41) is 7.03. The van der Waals surface area contributed by atoms with E-state index in [0.717, 1.165) is 23.5 Å². The fraction of sp³-hybridized carbons (Fsp3) is 0.0741. The fourth-order valence-electron chi connectivity index (χ4n) is 3.31. The molecule has 142 valence electrons. The Balaban J connectivity index is 1.61. The van der Waals surface area contributed by atoms with Gasteiger partial charge in [0.2, 0.25) is 0 Å². The lowest BCUT2D eigenvalue weighted by molar-refractivity contribution is 0.854. The maximum Gasteiger partial charge on any atom is 0.0666 e. The van der Waals surface area contributed by atoms with Crippen LogP contribution < -0.4 is 5.01 Å². The summed E-state index contributed by atoms with van der Waals surface area (Å²) in [6, 6.07) is 39.8. The van der Waals surface area contributed by atoms with Crippen molar-refractivity contribution in [2.75, 3.05) is 5.01 Å². The molecule has 2 nitrogen and oxygen atoms in total. The molecule has 0 heterocycles. The maximum absolute atomic E-state index is 4.96. The van der Waals surface area contributed by atoms with Crippen molar-refractivity contribution in [1.29, 1.82) is 0 Å². The molecular weight excluding hydrogens is 352 g/mol. The van der Waals surface area contributed by atoms with Crippen LogP contribution in [-0.4, -0.2) is 5.71 Å². The first-order valence-electron chi connectivity index (χ1n) is 9.87. The van der Waals surface area contributed by atoms with E-state index in [0.29, 0.717) is 0 Å². The predicted molar refractivity (Wildman–Crippen MR) is 123 cm³/mol. The number of hydrogen-bond donors (Lipinski definition) is 0. The van der Waals surface area contributed by atoms with Crippen LogP contribution in [0.4, 0.5) is 5.69 Å². The summed E-state index contributed by atoms with van der Waals surface area (Å²) in [6.07, 6.45) is 0.